The zero-order valence-electron chi connectivity index (χ0n) is 5.71. The molecule has 0 spiro atoms. The summed E-state index contributed by atoms with van der Waals surface area (Å²) >= 11 is 0. The van der Waals surface area contributed by atoms with Gasteiger partial charge in [-0.15, -0.1) is 0 Å². The molecule has 52 valence electrons. The van der Waals surface area contributed by atoms with Crippen molar-refractivity contribution in [1.29, 1.82) is 0 Å². The van der Waals surface area contributed by atoms with E-state index in [4.69, 9.17) is 0 Å². The SMILES string of the molecule is O[N+]12CCCC1CCC2. The number of rotatable bonds is 0. The zero-order valence-corrected chi connectivity index (χ0v) is 5.71. The molecule has 0 aromatic rings. The molecule has 0 aliphatic carbocycles. The molecule has 0 aromatic heterocycles. The van der Waals surface area contributed by atoms with E-state index in [0.717, 1.165) is 13.1 Å². The van der Waals surface area contributed by atoms with Crippen LogP contribution in [0.3, 0.4) is 0 Å². The minimum atomic E-state index is 0.417. The van der Waals surface area contributed by atoms with Crippen LogP contribution in [0.15, 0.2) is 0 Å². The first kappa shape index (κ1) is 5.69. The zero-order chi connectivity index (χ0) is 6.32. The summed E-state index contributed by atoms with van der Waals surface area (Å²) in [6.07, 6.45) is 5.00. The van der Waals surface area contributed by atoms with Crippen LogP contribution in [-0.4, -0.2) is 29.0 Å². The van der Waals surface area contributed by atoms with Gasteiger partial charge in [-0.1, -0.05) is 0 Å². The van der Waals surface area contributed by atoms with Crippen molar-refractivity contribution in [3.05, 3.63) is 0 Å². The summed E-state index contributed by atoms with van der Waals surface area (Å²) in [5.41, 5.74) is 0. The average Bonchev–Trinajstić information content (AvgIpc) is 2.22. The molecule has 2 fully saturated rings. The topological polar surface area (TPSA) is 20.2 Å². The predicted molar refractivity (Wildman–Crippen MR) is 34.0 cm³/mol. The molecule has 2 rings (SSSR count). The van der Waals surface area contributed by atoms with Crippen LogP contribution in [0, 0.1) is 0 Å². The van der Waals surface area contributed by atoms with Crippen LogP contribution in [0.1, 0.15) is 25.7 Å². The average molecular weight is 128 g/mol. The second-order valence-electron chi connectivity index (χ2n) is 3.37. The fourth-order valence-corrected chi connectivity index (χ4v) is 2.30. The van der Waals surface area contributed by atoms with E-state index in [-0.39, 0.29) is 0 Å². The Bertz CT molecular complexity index is 114. The van der Waals surface area contributed by atoms with E-state index in [1.165, 1.54) is 25.7 Å². The van der Waals surface area contributed by atoms with Crippen LogP contribution in [-0.2, 0) is 0 Å². The monoisotopic (exact) mass is 128 g/mol. The van der Waals surface area contributed by atoms with E-state index in [1.54, 1.807) is 0 Å². The normalized spacial score (nSPS) is 49.7. The Labute approximate surface area is 55.6 Å². The molecule has 0 amide bonds. The summed E-state index contributed by atoms with van der Waals surface area (Å²) in [4.78, 5) is 0. The van der Waals surface area contributed by atoms with E-state index < -0.39 is 0 Å². The molecule has 1 N–H and O–H groups in total. The Morgan fingerprint density at radius 1 is 1.11 bits per heavy atom. The maximum atomic E-state index is 9.77. The maximum absolute atomic E-state index is 9.77. The Hall–Kier alpha value is -0.0800. The van der Waals surface area contributed by atoms with Gasteiger partial charge in [0, 0.05) is 25.7 Å². The van der Waals surface area contributed by atoms with Crippen molar-refractivity contribution in [2.45, 2.75) is 31.7 Å². The van der Waals surface area contributed by atoms with Crippen LogP contribution in [0.5, 0.6) is 0 Å². The van der Waals surface area contributed by atoms with Gasteiger partial charge in [-0.3, -0.25) is 0 Å². The summed E-state index contributed by atoms with van der Waals surface area (Å²) < 4.78 is 0.417. The molecule has 2 heteroatoms. The van der Waals surface area contributed by atoms with Gasteiger partial charge in [-0.2, -0.15) is 4.65 Å². The summed E-state index contributed by atoms with van der Waals surface area (Å²) in [6, 6.07) is 0.616. The highest BCUT2D eigenvalue weighted by molar-refractivity contribution is 4.70. The number of quaternary nitrogens is 1. The van der Waals surface area contributed by atoms with Gasteiger partial charge in [0.15, 0.2) is 0 Å². The molecule has 2 aliphatic heterocycles. The smallest absolute Gasteiger partial charge is 0.119 e. The number of hydrogen-bond acceptors (Lipinski definition) is 1. The van der Waals surface area contributed by atoms with Gasteiger partial charge in [0.05, 0.1) is 0 Å². The Kier molecular flexibility index (Phi) is 1.08. The van der Waals surface area contributed by atoms with Crippen molar-refractivity contribution in [1.82, 2.24) is 0 Å². The Morgan fingerprint density at radius 2 is 1.67 bits per heavy atom. The lowest BCUT2D eigenvalue weighted by atomic mass is 10.2. The van der Waals surface area contributed by atoms with Gasteiger partial charge in [0.25, 0.3) is 0 Å². The largest absolute Gasteiger partial charge is 0.217 e. The van der Waals surface area contributed by atoms with E-state index in [0.29, 0.717) is 10.7 Å². The highest BCUT2D eigenvalue weighted by Crippen LogP contribution is 2.33. The van der Waals surface area contributed by atoms with Crippen LogP contribution in [0.4, 0.5) is 0 Å². The molecule has 0 bridgehead atoms. The third kappa shape index (κ3) is 0.700. The molecule has 0 aromatic carbocycles. The molecule has 2 aliphatic rings. The van der Waals surface area contributed by atoms with Crippen molar-refractivity contribution in [3.63, 3.8) is 0 Å². The summed E-state index contributed by atoms with van der Waals surface area (Å²) in [5.74, 6) is 0. The van der Waals surface area contributed by atoms with Gasteiger partial charge in [0.2, 0.25) is 0 Å². The third-order valence-electron chi connectivity index (χ3n) is 2.85. The first-order valence-electron chi connectivity index (χ1n) is 3.91. The first-order valence-corrected chi connectivity index (χ1v) is 3.91. The van der Waals surface area contributed by atoms with E-state index >= 15 is 0 Å². The predicted octanol–water partition coefficient (Wildman–Crippen LogP) is 1.15. The molecule has 9 heavy (non-hydrogen) atoms. The third-order valence-corrected chi connectivity index (χ3v) is 2.85. The second-order valence-corrected chi connectivity index (χ2v) is 3.37. The van der Waals surface area contributed by atoms with Gasteiger partial charge < -0.3 is 0 Å². The van der Waals surface area contributed by atoms with E-state index in [1.807, 2.05) is 0 Å². The van der Waals surface area contributed by atoms with Gasteiger partial charge in [-0.25, -0.2) is 5.21 Å². The molecule has 0 radical (unpaired) electrons. The number of fused-ring (bicyclic) bond motifs is 1. The van der Waals surface area contributed by atoms with Crippen molar-refractivity contribution >= 4 is 0 Å². The molecule has 0 unspecified atom stereocenters. The standard InChI is InChI=1S/C7H14NO/c9-8-5-1-3-7(8)4-2-6-8/h7,9H,1-6H2/q+1. The van der Waals surface area contributed by atoms with Gasteiger partial charge in [-0.05, 0) is 0 Å². The van der Waals surface area contributed by atoms with Crippen LogP contribution >= 0.6 is 0 Å². The summed E-state index contributed by atoms with van der Waals surface area (Å²) in [7, 11) is 0. The fourth-order valence-electron chi connectivity index (χ4n) is 2.30. The first-order chi connectivity index (χ1) is 4.31. The second kappa shape index (κ2) is 1.70. The van der Waals surface area contributed by atoms with Gasteiger partial charge in [0.1, 0.15) is 19.1 Å². The minimum Gasteiger partial charge on any atom is -0.217 e. The van der Waals surface area contributed by atoms with Crippen molar-refractivity contribution < 1.29 is 9.85 Å². The number of hydrogen-bond donors (Lipinski definition) is 1. The summed E-state index contributed by atoms with van der Waals surface area (Å²) in [6.45, 7) is 2.04. The number of nitrogens with zero attached hydrogens (tertiary/aromatic N) is 1. The van der Waals surface area contributed by atoms with Crippen LogP contribution in [0.2, 0.25) is 0 Å². The Balaban J connectivity index is 2.17. The quantitative estimate of drug-likeness (QED) is 0.485. The molecule has 2 nitrogen and oxygen atoms in total. The fraction of sp³-hybridized carbons (Fsp3) is 1.00. The minimum absolute atomic E-state index is 0.417. The number of hydroxylamine groups is 3. The molecule has 0 atom stereocenters. The molecular weight excluding hydrogens is 114 g/mol. The van der Waals surface area contributed by atoms with E-state index in [2.05, 4.69) is 0 Å². The van der Waals surface area contributed by atoms with Crippen molar-refractivity contribution in [2.24, 2.45) is 0 Å². The lowest BCUT2D eigenvalue weighted by Crippen LogP contribution is -2.43. The van der Waals surface area contributed by atoms with Gasteiger partial charge >= 0.3 is 0 Å². The molecule has 0 saturated carbocycles. The lowest BCUT2D eigenvalue weighted by Gasteiger charge is -2.24. The van der Waals surface area contributed by atoms with Crippen molar-refractivity contribution in [3.8, 4) is 0 Å². The maximum Gasteiger partial charge on any atom is 0.119 e. The van der Waals surface area contributed by atoms with Crippen LogP contribution < -0.4 is 0 Å². The highest BCUT2D eigenvalue weighted by Gasteiger charge is 2.45. The summed E-state index contributed by atoms with van der Waals surface area (Å²) in [5, 5.41) is 9.77. The van der Waals surface area contributed by atoms with Crippen molar-refractivity contribution in [2.75, 3.05) is 13.1 Å². The molecular formula is C7H14NO+. The van der Waals surface area contributed by atoms with E-state index in [9.17, 15) is 5.21 Å². The highest BCUT2D eigenvalue weighted by atomic mass is 16.5. The molecule has 2 heterocycles. The van der Waals surface area contributed by atoms with Crippen LogP contribution in [0.25, 0.3) is 0 Å². The molecule has 2 saturated heterocycles. The Morgan fingerprint density at radius 3 is 2.11 bits per heavy atom. The lowest BCUT2D eigenvalue weighted by molar-refractivity contribution is -1.10.